The van der Waals surface area contributed by atoms with Gasteiger partial charge in [0.05, 0.1) is 11.5 Å². The quantitative estimate of drug-likeness (QED) is 0.706. The summed E-state index contributed by atoms with van der Waals surface area (Å²) in [5.74, 6) is 0.202. The lowest BCUT2D eigenvalue weighted by Gasteiger charge is -2.32. The van der Waals surface area contributed by atoms with E-state index in [1.54, 1.807) is 0 Å². The van der Waals surface area contributed by atoms with Gasteiger partial charge < -0.3 is 15.7 Å². The van der Waals surface area contributed by atoms with Gasteiger partial charge in [-0.2, -0.15) is 0 Å². The monoisotopic (exact) mass is 254 g/mol. The molecule has 2 aliphatic rings. The van der Waals surface area contributed by atoms with Crippen molar-refractivity contribution >= 4 is 5.91 Å². The van der Waals surface area contributed by atoms with Crippen LogP contribution >= 0.6 is 0 Å². The molecule has 0 aromatic heterocycles. The second-order valence-corrected chi connectivity index (χ2v) is 5.95. The second-order valence-electron chi connectivity index (χ2n) is 5.95. The first-order valence-corrected chi connectivity index (χ1v) is 7.36. The Labute approximate surface area is 110 Å². The molecule has 1 aliphatic heterocycles. The highest BCUT2D eigenvalue weighted by molar-refractivity contribution is 5.83. The first-order chi connectivity index (χ1) is 8.66. The molecule has 1 saturated heterocycles. The average Bonchev–Trinajstić information content (AvgIpc) is 2.79. The van der Waals surface area contributed by atoms with Gasteiger partial charge in [-0.3, -0.25) is 4.79 Å². The van der Waals surface area contributed by atoms with E-state index >= 15 is 0 Å². The number of carbonyl (C=O) groups is 1. The zero-order chi connectivity index (χ0) is 13.0. The number of aliphatic hydroxyl groups excluding tert-OH is 1. The molecule has 18 heavy (non-hydrogen) atoms. The second kappa shape index (κ2) is 6.02. The maximum Gasteiger partial charge on any atom is 0.227 e. The van der Waals surface area contributed by atoms with Crippen LogP contribution in [0.25, 0.3) is 0 Å². The van der Waals surface area contributed by atoms with E-state index in [2.05, 4.69) is 17.6 Å². The summed E-state index contributed by atoms with van der Waals surface area (Å²) in [4.78, 5) is 12.5. The molecular weight excluding hydrogens is 228 g/mol. The van der Waals surface area contributed by atoms with E-state index in [0.29, 0.717) is 0 Å². The third kappa shape index (κ3) is 3.04. The molecule has 0 aromatic carbocycles. The van der Waals surface area contributed by atoms with E-state index in [-0.39, 0.29) is 23.5 Å². The molecule has 2 fully saturated rings. The van der Waals surface area contributed by atoms with Gasteiger partial charge in [-0.25, -0.2) is 0 Å². The van der Waals surface area contributed by atoms with Gasteiger partial charge in [-0.15, -0.1) is 0 Å². The summed E-state index contributed by atoms with van der Waals surface area (Å²) in [5.41, 5.74) is -0.197. The third-order valence-electron chi connectivity index (χ3n) is 4.44. The van der Waals surface area contributed by atoms with E-state index in [4.69, 9.17) is 0 Å². The van der Waals surface area contributed by atoms with Crippen LogP contribution in [0, 0.1) is 5.41 Å². The fraction of sp³-hybridized carbons (Fsp3) is 0.929. The van der Waals surface area contributed by atoms with Crippen LogP contribution in [0.4, 0.5) is 0 Å². The van der Waals surface area contributed by atoms with Crippen molar-refractivity contribution in [2.45, 2.75) is 64.0 Å². The Morgan fingerprint density at radius 1 is 1.50 bits per heavy atom. The molecular formula is C14H26N2O2. The maximum absolute atomic E-state index is 12.5. The standard InChI is InChI=1S/C14H26N2O2/c1-2-6-14(7-8-15-10-14)13(18)16-11-4-3-5-12(17)9-11/h11-12,15,17H,2-10H2,1H3,(H,16,18). The molecule has 0 spiro atoms. The van der Waals surface area contributed by atoms with Crippen molar-refractivity contribution in [3.05, 3.63) is 0 Å². The van der Waals surface area contributed by atoms with E-state index in [1.807, 2.05) is 0 Å². The Morgan fingerprint density at radius 2 is 2.33 bits per heavy atom. The van der Waals surface area contributed by atoms with Gasteiger partial charge in [-0.1, -0.05) is 13.3 Å². The van der Waals surface area contributed by atoms with Crippen molar-refractivity contribution in [1.29, 1.82) is 0 Å². The Bertz CT molecular complexity index is 288. The molecule has 4 heteroatoms. The lowest BCUT2D eigenvalue weighted by atomic mass is 9.81. The molecule has 3 unspecified atom stereocenters. The van der Waals surface area contributed by atoms with E-state index in [1.165, 1.54) is 0 Å². The molecule has 0 bridgehead atoms. The minimum absolute atomic E-state index is 0.176. The van der Waals surface area contributed by atoms with E-state index in [0.717, 1.165) is 58.0 Å². The van der Waals surface area contributed by atoms with Crippen LogP contribution in [0.5, 0.6) is 0 Å². The zero-order valence-corrected chi connectivity index (χ0v) is 11.4. The Hall–Kier alpha value is -0.610. The van der Waals surface area contributed by atoms with Crippen LogP contribution in [0.1, 0.15) is 51.9 Å². The lowest BCUT2D eigenvalue weighted by molar-refractivity contribution is -0.131. The van der Waals surface area contributed by atoms with Crippen LogP contribution in [0.15, 0.2) is 0 Å². The minimum Gasteiger partial charge on any atom is -0.393 e. The van der Waals surface area contributed by atoms with Crippen molar-refractivity contribution < 1.29 is 9.90 Å². The molecule has 0 aromatic rings. The minimum atomic E-state index is -0.229. The SMILES string of the molecule is CCCC1(C(=O)NC2CCCC(O)C2)CCNC1. The lowest BCUT2D eigenvalue weighted by Crippen LogP contribution is -2.48. The normalized spacial score (nSPS) is 36.6. The topological polar surface area (TPSA) is 61.4 Å². The third-order valence-corrected chi connectivity index (χ3v) is 4.44. The van der Waals surface area contributed by atoms with Gasteiger partial charge in [0.2, 0.25) is 5.91 Å². The van der Waals surface area contributed by atoms with Crippen molar-refractivity contribution in [1.82, 2.24) is 10.6 Å². The van der Waals surface area contributed by atoms with Gasteiger partial charge in [0.1, 0.15) is 0 Å². The van der Waals surface area contributed by atoms with Gasteiger partial charge in [0.25, 0.3) is 0 Å². The molecule has 1 aliphatic carbocycles. The zero-order valence-electron chi connectivity index (χ0n) is 11.4. The molecule has 1 amide bonds. The van der Waals surface area contributed by atoms with Gasteiger partial charge in [0, 0.05) is 12.6 Å². The largest absolute Gasteiger partial charge is 0.393 e. The van der Waals surface area contributed by atoms with Crippen LogP contribution in [-0.2, 0) is 4.79 Å². The number of nitrogens with one attached hydrogen (secondary N) is 2. The maximum atomic E-state index is 12.5. The number of aliphatic hydroxyl groups is 1. The van der Waals surface area contributed by atoms with Crippen molar-refractivity contribution in [2.24, 2.45) is 5.41 Å². The smallest absolute Gasteiger partial charge is 0.227 e. The van der Waals surface area contributed by atoms with E-state index in [9.17, 15) is 9.90 Å². The van der Waals surface area contributed by atoms with Gasteiger partial charge in [0.15, 0.2) is 0 Å². The highest BCUT2D eigenvalue weighted by Crippen LogP contribution is 2.32. The molecule has 2 rings (SSSR count). The van der Waals surface area contributed by atoms with Crippen molar-refractivity contribution in [2.75, 3.05) is 13.1 Å². The van der Waals surface area contributed by atoms with Crippen LogP contribution in [0.3, 0.4) is 0 Å². The summed E-state index contributed by atoms with van der Waals surface area (Å²) in [5, 5.41) is 16.2. The predicted molar refractivity (Wildman–Crippen MR) is 71.2 cm³/mol. The molecule has 0 radical (unpaired) electrons. The number of hydrogen-bond acceptors (Lipinski definition) is 3. The molecule has 4 nitrogen and oxygen atoms in total. The first-order valence-electron chi connectivity index (χ1n) is 7.36. The van der Waals surface area contributed by atoms with Crippen LogP contribution in [0.2, 0.25) is 0 Å². The molecule has 104 valence electrons. The summed E-state index contributed by atoms with van der Waals surface area (Å²) in [7, 11) is 0. The molecule has 1 heterocycles. The van der Waals surface area contributed by atoms with Crippen molar-refractivity contribution in [3.8, 4) is 0 Å². The summed E-state index contributed by atoms with van der Waals surface area (Å²) < 4.78 is 0. The molecule has 1 saturated carbocycles. The fourth-order valence-corrected chi connectivity index (χ4v) is 3.38. The molecule has 3 atom stereocenters. The number of carbonyl (C=O) groups excluding carboxylic acids is 1. The van der Waals surface area contributed by atoms with Gasteiger partial charge in [-0.05, 0) is 45.1 Å². The Morgan fingerprint density at radius 3 is 2.94 bits per heavy atom. The number of amides is 1. The Balaban J connectivity index is 1.92. The van der Waals surface area contributed by atoms with E-state index < -0.39 is 0 Å². The highest BCUT2D eigenvalue weighted by atomic mass is 16.3. The van der Waals surface area contributed by atoms with Crippen molar-refractivity contribution in [3.63, 3.8) is 0 Å². The number of rotatable bonds is 4. The summed E-state index contributed by atoms with van der Waals surface area (Å²) in [6.45, 7) is 3.89. The predicted octanol–water partition coefficient (Wildman–Crippen LogP) is 1.19. The summed E-state index contributed by atoms with van der Waals surface area (Å²) >= 11 is 0. The van der Waals surface area contributed by atoms with Crippen LogP contribution < -0.4 is 10.6 Å². The number of hydrogen-bond donors (Lipinski definition) is 3. The van der Waals surface area contributed by atoms with Gasteiger partial charge >= 0.3 is 0 Å². The summed E-state index contributed by atoms with van der Waals surface area (Å²) in [6, 6.07) is 0.176. The average molecular weight is 254 g/mol. The van der Waals surface area contributed by atoms with Crippen LogP contribution in [-0.4, -0.2) is 36.2 Å². The first kappa shape index (κ1) is 13.8. The fourth-order valence-electron chi connectivity index (χ4n) is 3.38. The summed E-state index contributed by atoms with van der Waals surface area (Å²) in [6.07, 6.45) is 6.36. The highest BCUT2D eigenvalue weighted by Gasteiger charge is 2.41. The molecule has 3 N–H and O–H groups in total. The Kier molecular flexibility index (Phi) is 4.62.